The van der Waals surface area contributed by atoms with E-state index in [1.165, 1.54) is 0 Å². The molecule has 3 rings (SSSR count). The number of nitrogens with zero attached hydrogens (tertiary/aromatic N) is 1. The number of carbonyl (C=O) groups is 2. The molecule has 6 heteroatoms. The third-order valence-corrected chi connectivity index (χ3v) is 3.78. The number of ether oxygens (including phenoxy) is 1. The van der Waals surface area contributed by atoms with E-state index in [9.17, 15) is 9.59 Å². The number of rotatable bonds is 3. The normalized spacial score (nSPS) is 21.9. The van der Waals surface area contributed by atoms with Crippen LogP contribution in [0.15, 0.2) is 24.3 Å². The second-order valence-electron chi connectivity index (χ2n) is 5.36. The zero-order chi connectivity index (χ0) is 14.7. The van der Waals surface area contributed by atoms with Gasteiger partial charge in [0.2, 0.25) is 11.8 Å². The highest BCUT2D eigenvalue weighted by Gasteiger charge is 2.24. The molecule has 2 aliphatic heterocycles. The molecule has 1 aromatic rings. The van der Waals surface area contributed by atoms with Gasteiger partial charge in [0.25, 0.3) is 0 Å². The van der Waals surface area contributed by atoms with Gasteiger partial charge in [-0.1, -0.05) is 18.2 Å². The predicted octanol–water partition coefficient (Wildman–Crippen LogP) is 0.0582. The summed E-state index contributed by atoms with van der Waals surface area (Å²) in [5, 5.41) is 5.80. The van der Waals surface area contributed by atoms with Crippen LogP contribution in [0.2, 0.25) is 0 Å². The maximum atomic E-state index is 12.2. The number of fused-ring (bicyclic) bond motifs is 1. The second kappa shape index (κ2) is 6.13. The highest BCUT2D eigenvalue weighted by molar-refractivity contribution is 5.82. The van der Waals surface area contributed by atoms with Gasteiger partial charge in [0.05, 0.1) is 25.7 Å². The Bertz CT molecular complexity index is 547. The summed E-state index contributed by atoms with van der Waals surface area (Å²) in [6.07, 6.45) is 0.767. The average Bonchev–Trinajstić information content (AvgIpc) is 2.47. The van der Waals surface area contributed by atoms with E-state index in [0.29, 0.717) is 19.7 Å². The Morgan fingerprint density at radius 1 is 1.43 bits per heavy atom. The number of para-hydroxylation sites is 1. The van der Waals surface area contributed by atoms with E-state index < -0.39 is 0 Å². The molecule has 2 heterocycles. The smallest absolute Gasteiger partial charge is 0.234 e. The van der Waals surface area contributed by atoms with Crippen LogP contribution >= 0.6 is 0 Å². The van der Waals surface area contributed by atoms with Gasteiger partial charge in [-0.3, -0.25) is 14.5 Å². The third-order valence-electron chi connectivity index (χ3n) is 3.78. The Balaban J connectivity index is 1.59. The maximum Gasteiger partial charge on any atom is 0.234 e. The first-order chi connectivity index (χ1) is 10.2. The van der Waals surface area contributed by atoms with Crippen LogP contribution in [-0.4, -0.2) is 49.5 Å². The Kier molecular flexibility index (Phi) is 4.06. The van der Waals surface area contributed by atoms with E-state index in [0.717, 1.165) is 17.7 Å². The number of piperazine rings is 1. The van der Waals surface area contributed by atoms with Gasteiger partial charge in [0.15, 0.2) is 0 Å². The minimum Gasteiger partial charge on any atom is -0.493 e. The molecule has 2 amide bonds. The minimum absolute atomic E-state index is 0.0129. The van der Waals surface area contributed by atoms with Crippen molar-refractivity contribution in [2.24, 2.45) is 0 Å². The highest BCUT2D eigenvalue weighted by Crippen LogP contribution is 2.31. The van der Waals surface area contributed by atoms with Crippen molar-refractivity contribution < 1.29 is 14.3 Å². The Hall–Kier alpha value is -2.08. The summed E-state index contributed by atoms with van der Waals surface area (Å²) in [7, 11) is 0. The summed E-state index contributed by atoms with van der Waals surface area (Å²) < 4.78 is 5.58. The molecular weight excluding hydrogens is 270 g/mol. The predicted molar refractivity (Wildman–Crippen MR) is 76.9 cm³/mol. The van der Waals surface area contributed by atoms with Crippen LogP contribution in [0.25, 0.3) is 0 Å². The van der Waals surface area contributed by atoms with E-state index in [1.807, 2.05) is 29.2 Å². The van der Waals surface area contributed by atoms with Crippen molar-refractivity contribution >= 4 is 11.8 Å². The molecule has 112 valence electrons. The van der Waals surface area contributed by atoms with E-state index >= 15 is 0 Å². The van der Waals surface area contributed by atoms with Gasteiger partial charge in [0, 0.05) is 25.1 Å². The number of carbonyl (C=O) groups excluding carboxylic acids is 2. The first-order valence-electron chi connectivity index (χ1n) is 7.22. The second-order valence-corrected chi connectivity index (χ2v) is 5.36. The lowest BCUT2D eigenvalue weighted by atomic mass is 10.0. The lowest BCUT2D eigenvalue weighted by Gasteiger charge is -2.29. The van der Waals surface area contributed by atoms with Crippen LogP contribution in [0.1, 0.15) is 18.0 Å². The first kappa shape index (κ1) is 13.9. The molecule has 2 N–H and O–H groups in total. The molecule has 6 nitrogen and oxygen atoms in total. The van der Waals surface area contributed by atoms with Crippen LogP contribution in [0, 0.1) is 0 Å². The van der Waals surface area contributed by atoms with E-state index in [1.54, 1.807) is 0 Å². The van der Waals surface area contributed by atoms with Gasteiger partial charge in [-0.25, -0.2) is 0 Å². The molecular formula is C15H19N3O3. The number of amides is 2. The molecule has 2 aliphatic rings. The number of benzene rings is 1. The molecule has 1 saturated heterocycles. The number of hydrogen-bond acceptors (Lipinski definition) is 4. The zero-order valence-corrected chi connectivity index (χ0v) is 11.8. The molecule has 0 aromatic heterocycles. The van der Waals surface area contributed by atoms with Crippen molar-refractivity contribution in [3.63, 3.8) is 0 Å². The topological polar surface area (TPSA) is 70.7 Å². The molecule has 0 bridgehead atoms. The van der Waals surface area contributed by atoms with Gasteiger partial charge >= 0.3 is 0 Å². The molecule has 21 heavy (non-hydrogen) atoms. The Morgan fingerprint density at radius 2 is 2.29 bits per heavy atom. The van der Waals surface area contributed by atoms with E-state index in [4.69, 9.17) is 4.74 Å². The fraction of sp³-hybridized carbons (Fsp3) is 0.467. The minimum atomic E-state index is -0.0496. The third kappa shape index (κ3) is 3.33. The summed E-state index contributed by atoms with van der Waals surface area (Å²) in [5.74, 6) is 0.767. The fourth-order valence-electron chi connectivity index (χ4n) is 2.76. The molecule has 0 aliphatic carbocycles. The summed E-state index contributed by atoms with van der Waals surface area (Å²) in [5.41, 5.74) is 1.02. The number of nitrogens with one attached hydrogen (secondary N) is 2. The van der Waals surface area contributed by atoms with Crippen LogP contribution in [0.3, 0.4) is 0 Å². The molecule has 1 aromatic carbocycles. The Labute approximate surface area is 123 Å². The van der Waals surface area contributed by atoms with E-state index in [2.05, 4.69) is 10.6 Å². The van der Waals surface area contributed by atoms with Crippen molar-refractivity contribution in [2.75, 3.05) is 32.8 Å². The summed E-state index contributed by atoms with van der Waals surface area (Å²) in [6.45, 7) is 2.47. The Morgan fingerprint density at radius 3 is 3.14 bits per heavy atom. The lowest BCUT2D eigenvalue weighted by Crippen LogP contribution is -2.51. The van der Waals surface area contributed by atoms with Crippen molar-refractivity contribution in [1.29, 1.82) is 0 Å². The molecule has 0 spiro atoms. The lowest BCUT2D eigenvalue weighted by molar-refractivity contribution is -0.127. The van der Waals surface area contributed by atoms with Crippen molar-refractivity contribution in [2.45, 2.75) is 12.5 Å². The summed E-state index contributed by atoms with van der Waals surface area (Å²) in [4.78, 5) is 25.3. The van der Waals surface area contributed by atoms with Gasteiger partial charge in [-0.05, 0) is 6.07 Å². The van der Waals surface area contributed by atoms with Crippen molar-refractivity contribution in [3.8, 4) is 5.75 Å². The van der Waals surface area contributed by atoms with Crippen LogP contribution in [-0.2, 0) is 9.59 Å². The highest BCUT2D eigenvalue weighted by atomic mass is 16.5. The first-order valence-corrected chi connectivity index (χ1v) is 7.22. The van der Waals surface area contributed by atoms with Crippen LogP contribution in [0.5, 0.6) is 5.75 Å². The van der Waals surface area contributed by atoms with Crippen LogP contribution < -0.4 is 15.4 Å². The average molecular weight is 289 g/mol. The van der Waals surface area contributed by atoms with Crippen LogP contribution in [0.4, 0.5) is 0 Å². The fourth-order valence-corrected chi connectivity index (χ4v) is 2.76. The standard InChI is InChI=1S/C15H19N3O3/c19-14-9-18(7-6-16-14)10-15(20)17-12-5-8-21-13-4-2-1-3-11(12)13/h1-4,12H,5-10H2,(H,16,19)(H,17,20). The summed E-state index contributed by atoms with van der Waals surface area (Å²) in [6, 6.07) is 7.76. The van der Waals surface area contributed by atoms with Crippen molar-refractivity contribution in [3.05, 3.63) is 29.8 Å². The van der Waals surface area contributed by atoms with Crippen molar-refractivity contribution in [1.82, 2.24) is 15.5 Å². The number of hydrogen-bond donors (Lipinski definition) is 2. The van der Waals surface area contributed by atoms with Gasteiger partial charge in [-0.2, -0.15) is 0 Å². The molecule has 1 fully saturated rings. The van der Waals surface area contributed by atoms with Gasteiger partial charge in [0.1, 0.15) is 5.75 Å². The van der Waals surface area contributed by atoms with Gasteiger partial charge < -0.3 is 15.4 Å². The largest absolute Gasteiger partial charge is 0.493 e. The SMILES string of the molecule is O=C1CN(CC(=O)NC2CCOc3ccccc32)CCN1. The summed E-state index contributed by atoms with van der Waals surface area (Å²) >= 11 is 0. The van der Waals surface area contributed by atoms with E-state index in [-0.39, 0.29) is 30.9 Å². The molecule has 0 saturated carbocycles. The molecule has 1 atom stereocenters. The molecule has 0 radical (unpaired) electrons. The quantitative estimate of drug-likeness (QED) is 0.825. The monoisotopic (exact) mass is 289 g/mol. The van der Waals surface area contributed by atoms with Gasteiger partial charge in [-0.15, -0.1) is 0 Å². The maximum absolute atomic E-state index is 12.2. The molecule has 1 unspecified atom stereocenters. The zero-order valence-electron chi connectivity index (χ0n) is 11.8.